The number of nitrogens with one attached hydrogen (secondary N) is 1. The molecule has 0 fully saturated rings. The van der Waals surface area contributed by atoms with Gasteiger partial charge in [0.25, 0.3) is 10.0 Å². The summed E-state index contributed by atoms with van der Waals surface area (Å²) in [5.74, 6) is -4.69. The van der Waals surface area contributed by atoms with Gasteiger partial charge in [0.2, 0.25) is 0 Å². The summed E-state index contributed by atoms with van der Waals surface area (Å²) in [6.07, 6.45) is 1.04. The number of allylic oxidation sites excluding steroid dienone is 2. The molecule has 2 rings (SSSR count). The number of amidine groups is 1. The molecular formula is C19H14ClF3N3O3S+. The molecule has 156 valence electrons. The van der Waals surface area contributed by atoms with Gasteiger partial charge in [0.1, 0.15) is 18.2 Å². The molecule has 30 heavy (non-hydrogen) atoms. The lowest BCUT2D eigenvalue weighted by Gasteiger charge is -2.12. The molecule has 0 spiro atoms. The fraction of sp³-hybridized carbons (Fsp3) is 0.105. The van der Waals surface area contributed by atoms with Gasteiger partial charge in [-0.15, -0.1) is 4.85 Å². The number of carbonyl (C=O) groups is 1. The predicted molar refractivity (Wildman–Crippen MR) is 108 cm³/mol. The lowest BCUT2D eigenvalue weighted by molar-refractivity contribution is 0.0989. The van der Waals surface area contributed by atoms with E-state index in [2.05, 4.69) is 9.84 Å². The van der Waals surface area contributed by atoms with Gasteiger partial charge in [-0.25, -0.2) is 21.6 Å². The monoisotopic (exact) mass is 456 g/mol. The Morgan fingerprint density at radius 1 is 1.20 bits per heavy atom. The van der Waals surface area contributed by atoms with Crippen molar-refractivity contribution < 1.29 is 26.4 Å². The number of nitrogens with zero attached hydrogens (tertiary/aromatic N) is 2. The quantitative estimate of drug-likeness (QED) is 0.277. The topological polar surface area (TPSA) is 80.0 Å². The number of hydrogen-bond acceptors (Lipinski definition) is 4. The van der Waals surface area contributed by atoms with Gasteiger partial charge in [0.05, 0.1) is 17.7 Å². The Balaban J connectivity index is 2.38. The normalized spacial score (nSPS) is 12.4. The molecule has 0 radical (unpaired) electrons. The van der Waals surface area contributed by atoms with Crippen molar-refractivity contribution in [2.75, 3.05) is 4.72 Å². The first-order valence-corrected chi connectivity index (χ1v) is 10.1. The Hall–Kier alpha value is -3.16. The van der Waals surface area contributed by atoms with Crippen molar-refractivity contribution in [3.8, 4) is 6.57 Å². The predicted octanol–water partition coefficient (Wildman–Crippen LogP) is 4.94. The molecule has 0 heterocycles. The zero-order valence-electron chi connectivity index (χ0n) is 15.4. The van der Waals surface area contributed by atoms with Crippen LogP contribution in [-0.2, 0) is 10.0 Å². The Bertz CT molecular complexity index is 1180. The van der Waals surface area contributed by atoms with Crippen LogP contribution in [0.15, 0.2) is 58.1 Å². The van der Waals surface area contributed by atoms with E-state index in [-0.39, 0.29) is 11.0 Å². The summed E-state index contributed by atoms with van der Waals surface area (Å²) in [7, 11) is -4.81. The highest BCUT2D eigenvalue weighted by Gasteiger charge is 2.26. The molecule has 2 aromatic carbocycles. The van der Waals surface area contributed by atoms with E-state index in [4.69, 9.17) is 18.2 Å². The van der Waals surface area contributed by atoms with Crippen molar-refractivity contribution in [1.29, 1.82) is 0 Å². The maximum absolute atomic E-state index is 14.8. The summed E-state index contributed by atoms with van der Waals surface area (Å²) < 4.78 is 68.9. The minimum Gasteiger partial charge on any atom is -0.294 e. The lowest BCUT2D eigenvalue weighted by atomic mass is 10.1. The first-order valence-electron chi connectivity index (χ1n) is 8.19. The van der Waals surface area contributed by atoms with E-state index in [1.165, 1.54) is 12.1 Å². The second kappa shape index (κ2) is 9.56. The van der Waals surface area contributed by atoms with E-state index in [0.29, 0.717) is 0 Å². The summed E-state index contributed by atoms with van der Waals surface area (Å²) in [5, 5.41) is -0.329. The van der Waals surface area contributed by atoms with Gasteiger partial charge in [-0.3, -0.25) is 9.52 Å². The SMILES string of the molecule is C#[N+]C(Cl)=N/C(=C\C)CC(=O)c1cccc(NS(=O)(=O)c2c(F)cccc2F)c1F. The average Bonchev–Trinajstić information content (AvgIpc) is 2.68. The fourth-order valence-electron chi connectivity index (χ4n) is 2.37. The van der Waals surface area contributed by atoms with Gasteiger partial charge in [0.15, 0.2) is 22.2 Å². The molecule has 0 unspecified atom stereocenters. The molecule has 0 aromatic heterocycles. The largest absolute Gasteiger partial charge is 0.498 e. The second-order valence-corrected chi connectivity index (χ2v) is 7.67. The van der Waals surface area contributed by atoms with Crippen LogP contribution in [0.1, 0.15) is 23.7 Å². The van der Waals surface area contributed by atoms with E-state index in [9.17, 15) is 26.4 Å². The standard InChI is InChI=1S/C19H14ClF3N3O3S/c1-3-11(25-19(20)24-2)10-16(27)12-6-4-9-15(17(12)23)26-30(28,29)18-13(21)7-5-8-14(18)22/h2-9,26H,10H2,1H3/q+1/b11-3-,25-19?. The van der Waals surface area contributed by atoms with Crippen LogP contribution in [0.5, 0.6) is 0 Å². The van der Waals surface area contributed by atoms with Gasteiger partial charge in [-0.1, -0.05) is 12.1 Å². The molecule has 1 N–H and O–H groups in total. The summed E-state index contributed by atoms with van der Waals surface area (Å²) in [5.41, 5.74) is -0.999. The van der Waals surface area contributed by atoms with Crippen molar-refractivity contribution in [2.45, 2.75) is 18.2 Å². The highest BCUT2D eigenvalue weighted by Crippen LogP contribution is 2.26. The molecule has 2 aromatic rings. The summed E-state index contributed by atoms with van der Waals surface area (Å²) in [6, 6.07) is 5.78. The van der Waals surface area contributed by atoms with Gasteiger partial charge in [-0.2, -0.15) is 0 Å². The highest BCUT2D eigenvalue weighted by atomic mass is 35.5. The average molecular weight is 457 g/mol. The van der Waals surface area contributed by atoms with Crippen LogP contribution in [0, 0.1) is 24.0 Å². The van der Waals surface area contributed by atoms with Crippen molar-refractivity contribution in [1.82, 2.24) is 0 Å². The maximum Gasteiger partial charge on any atom is 0.498 e. The molecule has 0 aliphatic carbocycles. The van der Waals surface area contributed by atoms with Crippen molar-refractivity contribution in [2.24, 2.45) is 4.99 Å². The number of sulfonamides is 1. The van der Waals surface area contributed by atoms with Crippen LogP contribution in [0.3, 0.4) is 0 Å². The molecule has 0 saturated heterocycles. The van der Waals surface area contributed by atoms with Gasteiger partial charge < -0.3 is 0 Å². The third kappa shape index (κ3) is 5.25. The zero-order valence-corrected chi connectivity index (χ0v) is 16.9. The third-order valence-corrected chi connectivity index (χ3v) is 5.35. The molecule has 0 bridgehead atoms. The zero-order chi connectivity index (χ0) is 22.5. The fourth-order valence-corrected chi connectivity index (χ4v) is 3.68. The molecule has 0 atom stereocenters. The number of hydrogen-bond donors (Lipinski definition) is 1. The molecular weight excluding hydrogens is 443 g/mol. The summed E-state index contributed by atoms with van der Waals surface area (Å²) in [4.78, 5) is 18.1. The number of anilines is 1. The van der Waals surface area contributed by atoms with Crippen LogP contribution >= 0.6 is 11.6 Å². The van der Waals surface area contributed by atoms with E-state index >= 15 is 0 Å². The maximum atomic E-state index is 14.8. The van der Waals surface area contributed by atoms with Crippen LogP contribution in [-0.4, -0.2) is 19.5 Å². The number of rotatable bonds is 7. The third-order valence-electron chi connectivity index (χ3n) is 3.75. The molecule has 0 saturated carbocycles. The van der Waals surface area contributed by atoms with Gasteiger partial charge in [0, 0.05) is 11.6 Å². The van der Waals surface area contributed by atoms with Crippen LogP contribution in [0.2, 0.25) is 0 Å². The van der Waals surface area contributed by atoms with Crippen molar-refractivity contribution in [3.63, 3.8) is 0 Å². The Labute approximate surface area is 175 Å². The number of carbonyl (C=O) groups excluding carboxylic acids is 1. The molecule has 11 heteroatoms. The van der Waals surface area contributed by atoms with Crippen LogP contribution < -0.4 is 4.72 Å². The Morgan fingerprint density at radius 3 is 2.37 bits per heavy atom. The lowest BCUT2D eigenvalue weighted by Crippen LogP contribution is -2.18. The molecule has 6 nitrogen and oxygen atoms in total. The Kier molecular flexibility index (Phi) is 7.37. The van der Waals surface area contributed by atoms with Crippen LogP contribution in [0.4, 0.5) is 18.9 Å². The Morgan fingerprint density at radius 2 is 1.80 bits per heavy atom. The van der Waals surface area contributed by atoms with Gasteiger partial charge >= 0.3 is 5.29 Å². The number of halogens is 4. The van der Waals surface area contributed by atoms with E-state index in [1.807, 2.05) is 0 Å². The summed E-state index contributed by atoms with van der Waals surface area (Å²) >= 11 is 5.58. The minimum absolute atomic E-state index is 0.137. The van der Waals surface area contributed by atoms with E-state index in [1.54, 1.807) is 11.6 Å². The highest BCUT2D eigenvalue weighted by molar-refractivity contribution is 7.92. The number of benzene rings is 2. The first-order chi connectivity index (χ1) is 14.1. The molecule has 0 amide bonds. The molecule has 0 aliphatic rings. The molecule has 0 aliphatic heterocycles. The minimum atomic E-state index is -4.81. The second-order valence-electron chi connectivity index (χ2n) is 5.71. The smallest absolute Gasteiger partial charge is 0.294 e. The van der Waals surface area contributed by atoms with Gasteiger partial charge in [-0.05, 0) is 42.3 Å². The summed E-state index contributed by atoms with van der Waals surface area (Å²) in [6.45, 7) is 6.51. The van der Waals surface area contributed by atoms with Crippen LogP contribution in [0.25, 0.3) is 4.85 Å². The number of Topliss-reactive ketones (excluding diaryl/α,β-unsaturated/α-hetero) is 1. The van der Waals surface area contributed by atoms with Crippen molar-refractivity contribution in [3.05, 3.63) is 76.0 Å². The van der Waals surface area contributed by atoms with Crippen molar-refractivity contribution >= 4 is 38.4 Å². The number of ketones is 1. The number of aliphatic imine (C=N–C) groups is 1. The first kappa shape index (κ1) is 23.1. The van der Waals surface area contributed by atoms with E-state index < -0.39 is 55.8 Å². The van der Waals surface area contributed by atoms with E-state index in [0.717, 1.165) is 30.3 Å².